The van der Waals surface area contributed by atoms with Gasteiger partial charge in [0, 0.05) is 38.0 Å². The Hall–Kier alpha value is -2.43. The van der Waals surface area contributed by atoms with Crippen molar-refractivity contribution < 1.29 is 14.0 Å². The van der Waals surface area contributed by atoms with Crippen LogP contribution in [0.15, 0.2) is 36.4 Å². The summed E-state index contributed by atoms with van der Waals surface area (Å²) in [4.78, 5) is 25.1. The maximum atomic E-state index is 13.8. The lowest BCUT2D eigenvalue weighted by Gasteiger charge is -2.18. The van der Waals surface area contributed by atoms with Crippen LogP contribution in [-0.2, 0) is 4.79 Å². The van der Waals surface area contributed by atoms with Gasteiger partial charge in [0.2, 0.25) is 5.91 Å². The molecule has 0 bridgehead atoms. The SMILES string of the molecule is CNC(=O)CCN(C)C(=O)c1ccc(F)c2ccccc12. The average Bonchev–Trinajstić information content (AvgIpc) is 2.52. The Balaban J connectivity index is 2.27. The Kier molecular flexibility index (Phi) is 4.52. The van der Waals surface area contributed by atoms with E-state index < -0.39 is 0 Å². The van der Waals surface area contributed by atoms with Crippen LogP contribution in [-0.4, -0.2) is 37.4 Å². The van der Waals surface area contributed by atoms with E-state index in [-0.39, 0.29) is 24.1 Å². The Morgan fingerprint density at radius 3 is 2.48 bits per heavy atom. The first-order chi connectivity index (χ1) is 10.0. The molecule has 0 saturated carbocycles. The lowest BCUT2D eigenvalue weighted by atomic mass is 10.0. The average molecular weight is 288 g/mol. The molecule has 2 amide bonds. The predicted octanol–water partition coefficient (Wildman–Crippen LogP) is 2.19. The molecule has 0 heterocycles. The number of hydrogen-bond donors (Lipinski definition) is 1. The Bertz CT molecular complexity index is 685. The van der Waals surface area contributed by atoms with Gasteiger partial charge in [-0.3, -0.25) is 9.59 Å². The summed E-state index contributed by atoms with van der Waals surface area (Å²) in [5, 5.41) is 3.51. The molecule has 0 radical (unpaired) electrons. The molecule has 4 nitrogen and oxygen atoms in total. The van der Waals surface area contributed by atoms with Gasteiger partial charge in [-0.05, 0) is 17.5 Å². The number of carbonyl (C=O) groups is 2. The van der Waals surface area contributed by atoms with E-state index in [1.165, 1.54) is 17.0 Å². The number of hydrogen-bond acceptors (Lipinski definition) is 2. The highest BCUT2D eigenvalue weighted by Crippen LogP contribution is 2.22. The van der Waals surface area contributed by atoms with Gasteiger partial charge in [-0.15, -0.1) is 0 Å². The molecule has 21 heavy (non-hydrogen) atoms. The highest BCUT2D eigenvalue weighted by molar-refractivity contribution is 6.07. The van der Waals surface area contributed by atoms with E-state index >= 15 is 0 Å². The van der Waals surface area contributed by atoms with Crippen LogP contribution in [0.5, 0.6) is 0 Å². The highest BCUT2D eigenvalue weighted by atomic mass is 19.1. The fraction of sp³-hybridized carbons (Fsp3) is 0.250. The summed E-state index contributed by atoms with van der Waals surface area (Å²) in [7, 11) is 3.18. The van der Waals surface area contributed by atoms with Gasteiger partial charge in [0.05, 0.1) is 0 Å². The molecule has 0 aliphatic rings. The van der Waals surface area contributed by atoms with Crippen molar-refractivity contribution in [3.8, 4) is 0 Å². The summed E-state index contributed by atoms with van der Waals surface area (Å²) in [6, 6.07) is 9.64. The van der Waals surface area contributed by atoms with Crippen LogP contribution >= 0.6 is 0 Å². The second kappa shape index (κ2) is 6.35. The van der Waals surface area contributed by atoms with E-state index in [9.17, 15) is 14.0 Å². The van der Waals surface area contributed by atoms with Gasteiger partial charge in [0.1, 0.15) is 5.82 Å². The van der Waals surface area contributed by atoms with E-state index in [1.54, 1.807) is 38.4 Å². The van der Waals surface area contributed by atoms with Crippen LogP contribution in [0.25, 0.3) is 10.8 Å². The minimum absolute atomic E-state index is 0.126. The van der Waals surface area contributed by atoms with Gasteiger partial charge in [-0.2, -0.15) is 0 Å². The molecule has 110 valence electrons. The van der Waals surface area contributed by atoms with Gasteiger partial charge < -0.3 is 10.2 Å². The van der Waals surface area contributed by atoms with E-state index in [0.29, 0.717) is 22.9 Å². The largest absolute Gasteiger partial charge is 0.359 e. The molecule has 0 aliphatic heterocycles. The number of fused-ring (bicyclic) bond motifs is 1. The van der Waals surface area contributed by atoms with E-state index in [1.807, 2.05) is 0 Å². The maximum absolute atomic E-state index is 13.8. The molecule has 2 aromatic carbocycles. The normalized spacial score (nSPS) is 10.4. The third-order valence-electron chi connectivity index (χ3n) is 3.40. The molecule has 0 unspecified atom stereocenters. The van der Waals surface area contributed by atoms with Crippen LogP contribution in [0.2, 0.25) is 0 Å². The molecule has 2 aromatic rings. The van der Waals surface area contributed by atoms with Crippen LogP contribution in [0.3, 0.4) is 0 Å². The first kappa shape index (κ1) is 15.0. The molecular weight excluding hydrogens is 271 g/mol. The third kappa shape index (κ3) is 3.18. The number of benzene rings is 2. The van der Waals surface area contributed by atoms with Gasteiger partial charge >= 0.3 is 0 Å². The maximum Gasteiger partial charge on any atom is 0.254 e. The zero-order valence-electron chi connectivity index (χ0n) is 12.0. The van der Waals surface area contributed by atoms with Crippen LogP contribution in [0.4, 0.5) is 4.39 Å². The van der Waals surface area contributed by atoms with Crippen molar-refractivity contribution in [2.24, 2.45) is 0 Å². The van der Waals surface area contributed by atoms with Crippen molar-refractivity contribution >= 4 is 22.6 Å². The third-order valence-corrected chi connectivity index (χ3v) is 3.40. The second-order valence-electron chi connectivity index (χ2n) is 4.79. The number of halogens is 1. The van der Waals surface area contributed by atoms with E-state index in [2.05, 4.69) is 5.32 Å². The number of carbonyl (C=O) groups excluding carboxylic acids is 2. The minimum Gasteiger partial charge on any atom is -0.359 e. The standard InChI is InChI=1S/C16H17FN2O2/c1-18-15(20)9-10-19(2)16(21)13-7-8-14(17)12-6-4-3-5-11(12)13/h3-8H,9-10H2,1-2H3,(H,18,20). The summed E-state index contributed by atoms with van der Waals surface area (Å²) in [6.07, 6.45) is 0.234. The molecule has 0 fully saturated rings. The molecule has 0 aromatic heterocycles. The molecule has 0 saturated heterocycles. The smallest absolute Gasteiger partial charge is 0.254 e. The summed E-state index contributed by atoms with van der Waals surface area (Å²) in [5.41, 5.74) is 0.436. The first-order valence-corrected chi connectivity index (χ1v) is 6.68. The van der Waals surface area contributed by atoms with Crippen molar-refractivity contribution in [2.75, 3.05) is 20.6 Å². The second-order valence-corrected chi connectivity index (χ2v) is 4.79. The van der Waals surface area contributed by atoms with Crippen molar-refractivity contribution in [3.63, 3.8) is 0 Å². The molecule has 0 spiro atoms. The number of amides is 2. The summed E-state index contributed by atoms with van der Waals surface area (Å²) in [6.45, 7) is 0.310. The van der Waals surface area contributed by atoms with Gasteiger partial charge in [-0.25, -0.2) is 4.39 Å². The zero-order valence-corrected chi connectivity index (χ0v) is 12.0. The quantitative estimate of drug-likeness (QED) is 0.937. The van der Waals surface area contributed by atoms with E-state index in [4.69, 9.17) is 0 Å². The lowest BCUT2D eigenvalue weighted by Crippen LogP contribution is -2.31. The Morgan fingerprint density at radius 1 is 1.14 bits per heavy atom. The van der Waals surface area contributed by atoms with Crippen LogP contribution in [0, 0.1) is 5.82 Å². The first-order valence-electron chi connectivity index (χ1n) is 6.68. The Morgan fingerprint density at radius 2 is 1.81 bits per heavy atom. The summed E-state index contributed by atoms with van der Waals surface area (Å²) < 4.78 is 13.8. The monoisotopic (exact) mass is 288 g/mol. The highest BCUT2D eigenvalue weighted by Gasteiger charge is 2.16. The van der Waals surface area contributed by atoms with Crippen LogP contribution < -0.4 is 5.32 Å². The molecule has 2 rings (SSSR count). The molecule has 1 N–H and O–H groups in total. The van der Waals surface area contributed by atoms with Gasteiger partial charge in [0.25, 0.3) is 5.91 Å². The topological polar surface area (TPSA) is 49.4 Å². The van der Waals surface area contributed by atoms with E-state index in [0.717, 1.165) is 0 Å². The van der Waals surface area contributed by atoms with Crippen molar-refractivity contribution in [3.05, 3.63) is 47.8 Å². The summed E-state index contributed by atoms with van der Waals surface area (Å²) >= 11 is 0. The lowest BCUT2D eigenvalue weighted by molar-refractivity contribution is -0.120. The number of nitrogens with one attached hydrogen (secondary N) is 1. The van der Waals surface area contributed by atoms with Crippen molar-refractivity contribution in [2.45, 2.75) is 6.42 Å². The predicted molar refractivity (Wildman–Crippen MR) is 79.6 cm³/mol. The molecule has 5 heteroatoms. The zero-order chi connectivity index (χ0) is 15.4. The van der Waals surface area contributed by atoms with Crippen LogP contribution in [0.1, 0.15) is 16.8 Å². The fourth-order valence-electron chi connectivity index (χ4n) is 2.15. The number of rotatable bonds is 4. The van der Waals surface area contributed by atoms with Crippen molar-refractivity contribution in [1.82, 2.24) is 10.2 Å². The number of nitrogens with zero attached hydrogens (tertiary/aromatic N) is 1. The molecule has 0 aliphatic carbocycles. The minimum atomic E-state index is -0.352. The fourth-order valence-corrected chi connectivity index (χ4v) is 2.15. The Labute approximate surface area is 122 Å². The molecule has 0 atom stereocenters. The van der Waals surface area contributed by atoms with Gasteiger partial charge in [-0.1, -0.05) is 24.3 Å². The van der Waals surface area contributed by atoms with Gasteiger partial charge in [0.15, 0.2) is 0 Å². The molecular formula is C16H17FN2O2. The summed E-state index contributed by atoms with van der Waals surface area (Å²) in [5.74, 6) is -0.705. The van der Waals surface area contributed by atoms with Crippen molar-refractivity contribution in [1.29, 1.82) is 0 Å².